The normalized spacial score (nSPS) is 11.8. The Hall–Kier alpha value is -3.31. The number of carboxylic acid groups (broad SMARTS) is 1. The van der Waals surface area contributed by atoms with Gasteiger partial charge in [0.1, 0.15) is 11.6 Å². The van der Waals surface area contributed by atoms with Gasteiger partial charge < -0.3 is 20.5 Å². The Morgan fingerprint density at radius 1 is 1.24 bits per heavy atom. The zero-order valence-electron chi connectivity index (χ0n) is 15.7. The maximum atomic E-state index is 13.4. The number of unbranched alkanes of at least 4 members (excludes halogenated alkanes) is 1. The van der Waals surface area contributed by atoms with E-state index in [0.717, 1.165) is 6.07 Å². The molecular weight excluding hydrogens is 393 g/mol. The fourth-order valence-corrected chi connectivity index (χ4v) is 2.96. The highest BCUT2D eigenvalue weighted by Crippen LogP contribution is 2.39. The van der Waals surface area contributed by atoms with Gasteiger partial charge in [0, 0.05) is 19.2 Å². The Labute approximate surface area is 162 Å². The first-order valence-corrected chi connectivity index (χ1v) is 8.73. The van der Waals surface area contributed by atoms with E-state index in [9.17, 15) is 18.0 Å². The molecule has 29 heavy (non-hydrogen) atoms. The minimum atomic E-state index is -4.59. The lowest BCUT2D eigenvalue weighted by atomic mass is 10.1. The molecule has 0 radical (unpaired) electrons. The number of fused-ring (bicyclic) bond motifs is 3. The van der Waals surface area contributed by atoms with Gasteiger partial charge in [-0.05, 0) is 25.8 Å². The summed E-state index contributed by atoms with van der Waals surface area (Å²) in [6.45, 7) is 2.43. The van der Waals surface area contributed by atoms with E-state index in [0.29, 0.717) is 48.7 Å². The highest BCUT2D eigenvalue weighted by atomic mass is 19.4. The smallest absolute Gasteiger partial charge is 0.420 e. The summed E-state index contributed by atoms with van der Waals surface area (Å²) in [6.07, 6.45) is -4.41. The van der Waals surface area contributed by atoms with Crippen LogP contribution in [-0.4, -0.2) is 51.0 Å². The second kappa shape index (κ2) is 7.97. The van der Waals surface area contributed by atoms with E-state index in [1.165, 1.54) is 17.6 Å². The molecule has 0 bridgehead atoms. The zero-order valence-corrected chi connectivity index (χ0v) is 15.7. The summed E-state index contributed by atoms with van der Waals surface area (Å²) < 4.78 is 46.6. The van der Waals surface area contributed by atoms with Gasteiger partial charge in [0.2, 0.25) is 5.65 Å². The molecule has 0 unspecified atom stereocenters. The predicted octanol–water partition coefficient (Wildman–Crippen LogP) is 3.07. The Morgan fingerprint density at radius 2 is 1.97 bits per heavy atom. The van der Waals surface area contributed by atoms with Gasteiger partial charge in [-0.2, -0.15) is 13.2 Å². The molecule has 0 atom stereocenters. The minimum Gasteiger partial charge on any atom is -0.496 e. The van der Waals surface area contributed by atoms with Gasteiger partial charge in [0.25, 0.3) is 0 Å². The summed E-state index contributed by atoms with van der Waals surface area (Å²) in [7, 11) is 1.17. The van der Waals surface area contributed by atoms with Crippen LogP contribution in [0, 0.1) is 6.92 Å². The third-order valence-corrected chi connectivity index (χ3v) is 4.28. The van der Waals surface area contributed by atoms with Crippen molar-refractivity contribution in [3.05, 3.63) is 23.5 Å². The fourth-order valence-electron chi connectivity index (χ4n) is 2.96. The highest BCUT2D eigenvalue weighted by Gasteiger charge is 2.35. The summed E-state index contributed by atoms with van der Waals surface area (Å²) in [5.74, 6) is 0.457. The number of rotatable bonds is 7. The molecule has 3 rings (SSSR count). The number of nitrogens with one attached hydrogen (secondary N) is 2. The molecular formula is C17H19F3N6O3. The van der Waals surface area contributed by atoms with Crippen molar-refractivity contribution in [3.8, 4) is 5.75 Å². The molecule has 0 aliphatic heterocycles. The lowest BCUT2D eigenvalue weighted by molar-refractivity contribution is -0.138. The number of aryl methyl sites for hydroxylation is 1. The third kappa shape index (κ3) is 4.25. The topological polar surface area (TPSA) is 114 Å². The van der Waals surface area contributed by atoms with Crippen molar-refractivity contribution in [1.82, 2.24) is 24.9 Å². The molecule has 0 spiro atoms. The summed E-state index contributed by atoms with van der Waals surface area (Å²) >= 11 is 0. The summed E-state index contributed by atoms with van der Waals surface area (Å²) in [5.41, 5.74) is -0.0978. The number of ether oxygens (including phenoxy) is 1. The minimum absolute atomic E-state index is 0.215. The fraction of sp³-hybridized carbons (Fsp3) is 0.412. The molecule has 0 aliphatic rings. The van der Waals surface area contributed by atoms with Crippen molar-refractivity contribution in [2.75, 3.05) is 25.5 Å². The number of hydrogen-bond acceptors (Lipinski definition) is 6. The Morgan fingerprint density at radius 3 is 2.62 bits per heavy atom. The van der Waals surface area contributed by atoms with Crippen LogP contribution in [0.15, 0.2) is 12.1 Å². The van der Waals surface area contributed by atoms with E-state index >= 15 is 0 Å². The summed E-state index contributed by atoms with van der Waals surface area (Å²) in [6, 6.07) is 2.21. The highest BCUT2D eigenvalue weighted by molar-refractivity contribution is 5.85. The SMILES string of the molecule is COc1cc2nc(NCCCCNC(=O)O)c3nnc(C)n3c2cc1C(F)(F)F. The number of hydrogen-bond donors (Lipinski definition) is 3. The first kappa shape index (κ1) is 20.4. The molecule has 12 heteroatoms. The quantitative estimate of drug-likeness (QED) is 0.511. The van der Waals surface area contributed by atoms with Gasteiger partial charge in [0.15, 0.2) is 5.82 Å². The van der Waals surface area contributed by atoms with Crippen LogP contribution in [0.5, 0.6) is 5.75 Å². The molecule has 3 aromatic rings. The van der Waals surface area contributed by atoms with Gasteiger partial charge in [0.05, 0.1) is 23.7 Å². The van der Waals surface area contributed by atoms with Crippen LogP contribution in [0.2, 0.25) is 0 Å². The van der Waals surface area contributed by atoms with Gasteiger partial charge in [-0.15, -0.1) is 10.2 Å². The Kier molecular flexibility index (Phi) is 5.62. The molecule has 3 N–H and O–H groups in total. The average Bonchev–Trinajstić information content (AvgIpc) is 3.04. The van der Waals surface area contributed by atoms with E-state index in [1.807, 2.05) is 0 Å². The monoisotopic (exact) mass is 412 g/mol. The lowest BCUT2D eigenvalue weighted by Gasteiger charge is -2.15. The number of amides is 1. The Balaban J connectivity index is 1.96. The van der Waals surface area contributed by atoms with Gasteiger partial charge >= 0.3 is 12.3 Å². The van der Waals surface area contributed by atoms with Crippen LogP contribution in [0.1, 0.15) is 24.2 Å². The number of aromatic nitrogens is 4. The Bertz CT molecular complexity index is 1050. The maximum absolute atomic E-state index is 13.4. The van der Waals surface area contributed by atoms with E-state index in [1.54, 1.807) is 6.92 Å². The summed E-state index contributed by atoms with van der Waals surface area (Å²) in [4.78, 5) is 14.8. The van der Waals surface area contributed by atoms with E-state index in [2.05, 4.69) is 25.8 Å². The standard InChI is InChI=1S/C17H19F3N6O3/c1-9-24-25-15-14(21-5-3-4-6-22-16(27)28)23-11-8-13(29-2)10(17(18,19)20)7-12(11)26(9)15/h7-8,22H,3-6H2,1-2H3,(H,21,23)(H,27,28). The van der Waals surface area contributed by atoms with E-state index < -0.39 is 17.8 Å². The molecule has 1 amide bonds. The second-order valence-corrected chi connectivity index (χ2v) is 6.27. The number of nitrogens with zero attached hydrogens (tertiary/aromatic N) is 4. The van der Waals surface area contributed by atoms with Crippen molar-refractivity contribution < 1.29 is 27.8 Å². The van der Waals surface area contributed by atoms with Crippen LogP contribution in [0.3, 0.4) is 0 Å². The van der Waals surface area contributed by atoms with E-state index in [4.69, 9.17) is 9.84 Å². The molecule has 2 heterocycles. The average molecular weight is 412 g/mol. The van der Waals surface area contributed by atoms with Crippen LogP contribution in [0.25, 0.3) is 16.7 Å². The van der Waals surface area contributed by atoms with Crippen LogP contribution >= 0.6 is 0 Å². The van der Waals surface area contributed by atoms with Crippen molar-refractivity contribution >= 4 is 28.6 Å². The molecule has 2 aromatic heterocycles. The number of carbonyl (C=O) groups is 1. The number of halogens is 3. The van der Waals surface area contributed by atoms with Crippen molar-refractivity contribution in [2.24, 2.45) is 0 Å². The van der Waals surface area contributed by atoms with Crippen molar-refractivity contribution in [1.29, 1.82) is 0 Å². The second-order valence-electron chi connectivity index (χ2n) is 6.27. The van der Waals surface area contributed by atoms with Crippen LogP contribution < -0.4 is 15.4 Å². The summed E-state index contributed by atoms with van der Waals surface area (Å²) in [5, 5.41) is 21.9. The lowest BCUT2D eigenvalue weighted by Crippen LogP contribution is -2.22. The molecule has 156 valence electrons. The predicted molar refractivity (Wildman–Crippen MR) is 98.3 cm³/mol. The van der Waals surface area contributed by atoms with Crippen molar-refractivity contribution in [3.63, 3.8) is 0 Å². The molecule has 0 fully saturated rings. The maximum Gasteiger partial charge on any atom is 0.420 e. The molecule has 1 aromatic carbocycles. The van der Waals surface area contributed by atoms with Gasteiger partial charge in [-0.3, -0.25) is 4.40 Å². The van der Waals surface area contributed by atoms with Crippen LogP contribution in [0.4, 0.5) is 23.8 Å². The molecule has 9 nitrogen and oxygen atoms in total. The number of anilines is 1. The number of benzene rings is 1. The van der Waals surface area contributed by atoms with Gasteiger partial charge in [-0.25, -0.2) is 9.78 Å². The molecule has 0 saturated carbocycles. The number of methoxy groups -OCH3 is 1. The largest absolute Gasteiger partial charge is 0.496 e. The first-order chi connectivity index (χ1) is 13.7. The van der Waals surface area contributed by atoms with Crippen LogP contribution in [-0.2, 0) is 6.18 Å². The first-order valence-electron chi connectivity index (χ1n) is 8.73. The third-order valence-electron chi connectivity index (χ3n) is 4.28. The van der Waals surface area contributed by atoms with Crippen molar-refractivity contribution in [2.45, 2.75) is 25.9 Å². The molecule has 0 saturated heterocycles. The number of alkyl halides is 3. The van der Waals surface area contributed by atoms with Gasteiger partial charge in [-0.1, -0.05) is 0 Å². The van der Waals surface area contributed by atoms with E-state index in [-0.39, 0.29) is 11.3 Å². The molecule has 0 aliphatic carbocycles. The zero-order chi connectivity index (χ0) is 21.2.